The van der Waals surface area contributed by atoms with Crippen LogP contribution in [0.25, 0.3) is 11.4 Å². The second-order valence-corrected chi connectivity index (χ2v) is 8.91. The molecule has 1 aromatic carbocycles. The van der Waals surface area contributed by atoms with Crippen LogP contribution in [0.3, 0.4) is 0 Å². The number of ketones is 1. The number of Topliss-reactive ketones (excluding diaryl/α,β-unsaturated/α-hetero) is 1. The Bertz CT molecular complexity index is 962. The Morgan fingerprint density at radius 1 is 1.29 bits per heavy atom. The molecule has 0 unspecified atom stereocenters. The van der Waals surface area contributed by atoms with Crippen LogP contribution < -0.4 is 0 Å². The number of aromatic nitrogens is 3. The highest BCUT2D eigenvalue weighted by Crippen LogP contribution is 2.28. The number of ether oxygens (including phenoxy) is 1. The van der Waals surface area contributed by atoms with E-state index in [9.17, 15) is 9.18 Å². The topological polar surface area (TPSA) is 57.0 Å². The number of hydrogen-bond acceptors (Lipinski definition) is 6. The van der Waals surface area contributed by atoms with Gasteiger partial charge in [0.2, 0.25) is 0 Å². The van der Waals surface area contributed by atoms with Crippen molar-refractivity contribution in [2.24, 2.45) is 0 Å². The molecule has 0 radical (unpaired) electrons. The zero-order valence-electron chi connectivity index (χ0n) is 15.4. The first kappa shape index (κ1) is 19.3. The molecule has 1 atom stereocenters. The van der Waals surface area contributed by atoms with Crippen molar-refractivity contribution in [2.75, 3.05) is 12.4 Å². The largest absolute Gasteiger partial charge is 0.376 e. The van der Waals surface area contributed by atoms with Crippen LogP contribution in [0.4, 0.5) is 4.39 Å². The van der Waals surface area contributed by atoms with E-state index in [0.717, 1.165) is 34.8 Å². The van der Waals surface area contributed by atoms with Crippen LogP contribution >= 0.6 is 23.1 Å². The van der Waals surface area contributed by atoms with E-state index in [2.05, 4.69) is 10.2 Å². The summed E-state index contributed by atoms with van der Waals surface area (Å²) >= 11 is 2.88. The summed E-state index contributed by atoms with van der Waals surface area (Å²) in [6.07, 6.45) is 2.13. The average molecular weight is 418 g/mol. The second kappa shape index (κ2) is 8.55. The van der Waals surface area contributed by atoms with Crippen molar-refractivity contribution in [2.45, 2.75) is 37.6 Å². The normalized spacial score (nSPS) is 16.6. The number of halogens is 1. The van der Waals surface area contributed by atoms with Gasteiger partial charge in [0.15, 0.2) is 16.8 Å². The molecule has 3 aromatic rings. The summed E-state index contributed by atoms with van der Waals surface area (Å²) in [5, 5.41) is 9.30. The van der Waals surface area contributed by atoms with E-state index in [4.69, 9.17) is 4.74 Å². The van der Waals surface area contributed by atoms with Gasteiger partial charge in [-0.05, 0) is 56.2 Å². The summed E-state index contributed by atoms with van der Waals surface area (Å²) < 4.78 is 21.1. The van der Waals surface area contributed by atoms with Crippen molar-refractivity contribution < 1.29 is 13.9 Å². The minimum atomic E-state index is -0.291. The Balaban J connectivity index is 1.56. The molecule has 3 heterocycles. The molecule has 1 fully saturated rings. The van der Waals surface area contributed by atoms with Crippen molar-refractivity contribution in [3.8, 4) is 11.4 Å². The summed E-state index contributed by atoms with van der Waals surface area (Å²) in [4.78, 5) is 14.3. The number of thioether (sulfide) groups is 1. The van der Waals surface area contributed by atoms with Gasteiger partial charge in [0.25, 0.3) is 0 Å². The second-order valence-electron chi connectivity index (χ2n) is 6.68. The predicted molar refractivity (Wildman–Crippen MR) is 109 cm³/mol. The number of carbonyl (C=O) groups excluding carboxylic acids is 1. The maximum atomic E-state index is 13.3. The van der Waals surface area contributed by atoms with Crippen molar-refractivity contribution in [1.29, 1.82) is 0 Å². The minimum absolute atomic E-state index is 0.0816. The molecule has 0 bridgehead atoms. The molecule has 1 aliphatic rings. The lowest BCUT2D eigenvalue weighted by molar-refractivity contribution is 0.0953. The SMILES string of the molecule is Cc1ccc(C(=O)CSc2nnc(-c3ccc(F)cc3)n2C[C@@H]2CCCO2)s1. The predicted octanol–water partition coefficient (Wildman–Crippen LogP) is 4.61. The summed E-state index contributed by atoms with van der Waals surface area (Å²) in [5.41, 5.74) is 0.791. The van der Waals surface area contributed by atoms with Crippen LogP contribution in [-0.2, 0) is 11.3 Å². The van der Waals surface area contributed by atoms with E-state index >= 15 is 0 Å². The van der Waals surface area contributed by atoms with Gasteiger partial charge in [0.05, 0.1) is 23.3 Å². The smallest absolute Gasteiger partial charge is 0.192 e. The summed E-state index contributed by atoms with van der Waals surface area (Å²) in [5.74, 6) is 0.753. The van der Waals surface area contributed by atoms with E-state index in [1.165, 1.54) is 35.2 Å². The fraction of sp³-hybridized carbons (Fsp3) is 0.350. The van der Waals surface area contributed by atoms with E-state index in [1.807, 2.05) is 23.6 Å². The van der Waals surface area contributed by atoms with Gasteiger partial charge < -0.3 is 4.74 Å². The van der Waals surface area contributed by atoms with E-state index in [-0.39, 0.29) is 17.7 Å². The molecule has 146 valence electrons. The third-order valence-electron chi connectivity index (χ3n) is 4.58. The maximum Gasteiger partial charge on any atom is 0.192 e. The van der Waals surface area contributed by atoms with E-state index in [0.29, 0.717) is 23.3 Å². The molecule has 4 rings (SSSR count). The molecule has 0 spiro atoms. The molecular formula is C20H20FN3O2S2. The molecule has 0 saturated carbocycles. The van der Waals surface area contributed by atoms with Crippen LogP contribution in [0, 0.1) is 12.7 Å². The van der Waals surface area contributed by atoms with Crippen molar-refractivity contribution in [1.82, 2.24) is 14.8 Å². The van der Waals surface area contributed by atoms with Crippen molar-refractivity contribution >= 4 is 28.9 Å². The highest BCUT2D eigenvalue weighted by molar-refractivity contribution is 7.99. The molecule has 0 amide bonds. The monoisotopic (exact) mass is 417 g/mol. The van der Waals surface area contributed by atoms with Gasteiger partial charge in [-0.3, -0.25) is 9.36 Å². The fourth-order valence-corrected chi connectivity index (χ4v) is 4.88. The third kappa shape index (κ3) is 4.34. The number of nitrogens with zero attached hydrogens (tertiary/aromatic N) is 3. The number of thiophene rings is 1. The van der Waals surface area contributed by atoms with Gasteiger partial charge in [0.1, 0.15) is 5.82 Å². The first-order valence-electron chi connectivity index (χ1n) is 9.13. The molecule has 0 N–H and O–H groups in total. The van der Waals surface area contributed by atoms with Crippen molar-refractivity contribution in [3.63, 3.8) is 0 Å². The summed E-state index contributed by atoms with van der Waals surface area (Å²) in [6.45, 7) is 3.37. The minimum Gasteiger partial charge on any atom is -0.376 e. The lowest BCUT2D eigenvalue weighted by Crippen LogP contribution is -2.17. The van der Waals surface area contributed by atoms with Crippen LogP contribution in [0.5, 0.6) is 0 Å². The number of rotatable bonds is 7. The third-order valence-corrected chi connectivity index (χ3v) is 6.59. The van der Waals surface area contributed by atoms with Gasteiger partial charge in [-0.25, -0.2) is 4.39 Å². The molecule has 8 heteroatoms. The number of aryl methyl sites for hydroxylation is 1. The Kier molecular flexibility index (Phi) is 5.89. The number of carbonyl (C=O) groups is 1. The Morgan fingerprint density at radius 2 is 2.11 bits per heavy atom. The summed E-state index contributed by atoms with van der Waals surface area (Å²) in [6, 6.07) is 10.0. The molecule has 28 heavy (non-hydrogen) atoms. The zero-order valence-corrected chi connectivity index (χ0v) is 17.1. The van der Waals surface area contributed by atoms with E-state index in [1.54, 1.807) is 12.1 Å². The average Bonchev–Trinajstić information content (AvgIpc) is 3.43. The van der Waals surface area contributed by atoms with Gasteiger partial charge in [-0.2, -0.15) is 0 Å². The first-order chi connectivity index (χ1) is 13.6. The molecular weight excluding hydrogens is 397 g/mol. The number of benzene rings is 1. The molecule has 2 aromatic heterocycles. The van der Waals surface area contributed by atoms with Crippen LogP contribution in [0.15, 0.2) is 41.6 Å². The molecule has 1 aliphatic heterocycles. The van der Waals surface area contributed by atoms with Crippen LogP contribution in [0.2, 0.25) is 0 Å². The summed E-state index contributed by atoms with van der Waals surface area (Å²) in [7, 11) is 0. The highest BCUT2D eigenvalue weighted by atomic mass is 32.2. The van der Waals surface area contributed by atoms with Crippen LogP contribution in [-0.4, -0.2) is 39.0 Å². The molecule has 0 aliphatic carbocycles. The Morgan fingerprint density at radius 3 is 2.79 bits per heavy atom. The quantitative estimate of drug-likeness (QED) is 0.415. The number of hydrogen-bond donors (Lipinski definition) is 0. The zero-order chi connectivity index (χ0) is 19.5. The van der Waals surface area contributed by atoms with Gasteiger partial charge in [-0.1, -0.05) is 11.8 Å². The Labute approximate surface area is 170 Å². The van der Waals surface area contributed by atoms with Crippen molar-refractivity contribution in [3.05, 3.63) is 52.0 Å². The Hall–Kier alpha value is -2.03. The standard InChI is InChI=1S/C20H20FN3O2S2/c1-13-4-9-18(28-13)17(25)12-27-20-23-22-19(14-5-7-15(21)8-6-14)24(20)11-16-3-2-10-26-16/h4-9,16H,2-3,10-12H2,1H3/t16-/m0/s1. The van der Waals surface area contributed by atoms with Crippen LogP contribution in [0.1, 0.15) is 27.4 Å². The van der Waals surface area contributed by atoms with Gasteiger partial charge in [0, 0.05) is 17.0 Å². The first-order valence-corrected chi connectivity index (χ1v) is 10.9. The fourth-order valence-electron chi connectivity index (χ4n) is 3.15. The van der Waals surface area contributed by atoms with Gasteiger partial charge >= 0.3 is 0 Å². The molecule has 5 nitrogen and oxygen atoms in total. The van der Waals surface area contributed by atoms with E-state index < -0.39 is 0 Å². The highest BCUT2D eigenvalue weighted by Gasteiger charge is 2.22. The molecule has 1 saturated heterocycles. The lowest BCUT2D eigenvalue weighted by atomic mass is 10.2. The van der Waals surface area contributed by atoms with Gasteiger partial charge in [-0.15, -0.1) is 21.5 Å². The maximum absolute atomic E-state index is 13.3. The lowest BCUT2D eigenvalue weighted by Gasteiger charge is -2.14.